The van der Waals surface area contributed by atoms with E-state index in [2.05, 4.69) is 10.5 Å². The Kier molecular flexibility index (Phi) is 3.82. The van der Waals surface area contributed by atoms with Gasteiger partial charge in [-0.1, -0.05) is 11.2 Å². The minimum atomic E-state index is -0.372. The molecular weight excluding hydrogens is 246 g/mol. The molecule has 0 spiro atoms. The van der Waals surface area contributed by atoms with Crippen LogP contribution >= 0.6 is 0 Å². The van der Waals surface area contributed by atoms with Crippen LogP contribution in [0, 0.1) is 6.92 Å². The van der Waals surface area contributed by atoms with Gasteiger partial charge >= 0.3 is 0 Å². The van der Waals surface area contributed by atoms with Gasteiger partial charge in [-0.3, -0.25) is 4.79 Å². The van der Waals surface area contributed by atoms with E-state index in [0.29, 0.717) is 17.1 Å². The number of rotatable bonds is 4. The number of nitrogens with one attached hydrogen (secondary N) is 1. The summed E-state index contributed by atoms with van der Waals surface area (Å²) >= 11 is 0. The molecule has 1 heterocycles. The first-order valence-corrected chi connectivity index (χ1v) is 5.72. The monoisotopic (exact) mass is 261 g/mol. The number of nitrogen functional groups attached to an aromatic ring is 1. The van der Waals surface area contributed by atoms with Crippen molar-refractivity contribution in [3.05, 3.63) is 41.3 Å². The van der Waals surface area contributed by atoms with Crippen molar-refractivity contribution in [2.24, 2.45) is 0 Å². The number of ether oxygens (including phenoxy) is 1. The van der Waals surface area contributed by atoms with Crippen LogP contribution in [-0.2, 0) is 11.3 Å². The Morgan fingerprint density at radius 1 is 1.47 bits per heavy atom. The molecule has 1 amide bonds. The van der Waals surface area contributed by atoms with Gasteiger partial charge in [-0.2, -0.15) is 0 Å². The molecule has 0 aliphatic heterocycles. The highest BCUT2D eigenvalue weighted by molar-refractivity contribution is 6.04. The van der Waals surface area contributed by atoms with Gasteiger partial charge in [0.1, 0.15) is 6.61 Å². The van der Waals surface area contributed by atoms with Gasteiger partial charge < -0.3 is 20.3 Å². The van der Waals surface area contributed by atoms with Crippen LogP contribution < -0.4 is 11.1 Å². The second kappa shape index (κ2) is 5.53. The number of nitrogens with two attached hydrogens (primary N) is 1. The summed E-state index contributed by atoms with van der Waals surface area (Å²) in [4.78, 5) is 12.0. The van der Waals surface area contributed by atoms with Crippen LogP contribution in [0.5, 0.6) is 0 Å². The first-order valence-electron chi connectivity index (χ1n) is 5.72. The van der Waals surface area contributed by atoms with Gasteiger partial charge in [-0.15, -0.1) is 0 Å². The van der Waals surface area contributed by atoms with Crippen molar-refractivity contribution in [1.29, 1.82) is 0 Å². The van der Waals surface area contributed by atoms with Crippen molar-refractivity contribution in [2.45, 2.75) is 13.5 Å². The van der Waals surface area contributed by atoms with Crippen LogP contribution in [0.15, 0.2) is 28.8 Å². The second-order valence-corrected chi connectivity index (χ2v) is 4.16. The molecule has 6 nitrogen and oxygen atoms in total. The fourth-order valence-corrected chi connectivity index (χ4v) is 1.59. The molecule has 0 radical (unpaired) electrons. The lowest BCUT2D eigenvalue weighted by Crippen LogP contribution is -2.13. The maximum absolute atomic E-state index is 12.0. The number of hydrogen-bond donors (Lipinski definition) is 2. The van der Waals surface area contributed by atoms with E-state index in [-0.39, 0.29) is 18.2 Å². The van der Waals surface area contributed by atoms with Gasteiger partial charge in [0.25, 0.3) is 5.91 Å². The van der Waals surface area contributed by atoms with Gasteiger partial charge in [-0.05, 0) is 24.6 Å². The van der Waals surface area contributed by atoms with E-state index in [1.807, 2.05) is 13.0 Å². The van der Waals surface area contributed by atoms with Gasteiger partial charge in [0.15, 0.2) is 11.5 Å². The zero-order chi connectivity index (χ0) is 13.8. The van der Waals surface area contributed by atoms with Gasteiger partial charge in [0.2, 0.25) is 0 Å². The summed E-state index contributed by atoms with van der Waals surface area (Å²) in [7, 11) is 1.54. The van der Waals surface area contributed by atoms with E-state index < -0.39 is 0 Å². The van der Waals surface area contributed by atoms with E-state index in [4.69, 9.17) is 15.0 Å². The van der Waals surface area contributed by atoms with Crippen molar-refractivity contribution in [1.82, 2.24) is 5.16 Å². The lowest BCUT2D eigenvalue weighted by atomic mass is 10.2. The van der Waals surface area contributed by atoms with Crippen LogP contribution in [0.2, 0.25) is 0 Å². The summed E-state index contributed by atoms with van der Waals surface area (Å²) in [5, 5.41) is 6.37. The number of anilines is 2. The summed E-state index contributed by atoms with van der Waals surface area (Å²) in [5.41, 5.74) is 8.04. The molecule has 0 fully saturated rings. The molecule has 1 aromatic carbocycles. The van der Waals surface area contributed by atoms with Gasteiger partial charge in [-0.25, -0.2) is 0 Å². The molecule has 0 aliphatic rings. The molecule has 0 saturated heterocycles. The third-order valence-electron chi connectivity index (χ3n) is 2.54. The van der Waals surface area contributed by atoms with Crippen LogP contribution in [0.3, 0.4) is 0 Å². The molecule has 0 bridgehead atoms. The molecule has 0 atom stereocenters. The molecule has 100 valence electrons. The number of hydrogen-bond acceptors (Lipinski definition) is 5. The lowest BCUT2D eigenvalue weighted by molar-refractivity contribution is 0.101. The number of aromatic nitrogens is 1. The fraction of sp³-hybridized carbons (Fsp3) is 0.231. The fourth-order valence-electron chi connectivity index (χ4n) is 1.59. The Hall–Kier alpha value is -2.34. The average Bonchev–Trinajstić information content (AvgIpc) is 2.83. The topological polar surface area (TPSA) is 90.4 Å². The highest BCUT2D eigenvalue weighted by Crippen LogP contribution is 2.20. The standard InChI is InChI=1S/C13H15N3O3/c1-8-3-4-10(14)11(5-8)15-13(17)12-6-9(7-18-2)19-16-12/h3-6H,7,14H2,1-2H3,(H,15,17). The molecule has 19 heavy (non-hydrogen) atoms. The quantitative estimate of drug-likeness (QED) is 0.821. The Balaban J connectivity index is 2.13. The van der Waals surface area contributed by atoms with E-state index in [1.54, 1.807) is 12.1 Å². The number of methoxy groups -OCH3 is 1. The first-order chi connectivity index (χ1) is 9.10. The van der Waals surface area contributed by atoms with Crippen molar-refractivity contribution >= 4 is 17.3 Å². The third-order valence-corrected chi connectivity index (χ3v) is 2.54. The molecule has 0 unspecified atom stereocenters. The van der Waals surface area contributed by atoms with Gasteiger partial charge in [0, 0.05) is 13.2 Å². The Morgan fingerprint density at radius 2 is 2.26 bits per heavy atom. The molecule has 2 rings (SSSR count). The minimum Gasteiger partial charge on any atom is -0.397 e. The van der Waals surface area contributed by atoms with Crippen LogP contribution in [0.1, 0.15) is 21.8 Å². The number of carbonyl (C=O) groups excluding carboxylic acids is 1. The molecule has 1 aromatic heterocycles. The highest BCUT2D eigenvalue weighted by atomic mass is 16.5. The number of carbonyl (C=O) groups is 1. The smallest absolute Gasteiger partial charge is 0.277 e. The summed E-state index contributed by atoms with van der Waals surface area (Å²) < 4.78 is 9.84. The minimum absolute atomic E-state index is 0.188. The summed E-state index contributed by atoms with van der Waals surface area (Å²) in [6.45, 7) is 2.19. The molecule has 2 aromatic rings. The van der Waals surface area contributed by atoms with Crippen molar-refractivity contribution in [2.75, 3.05) is 18.2 Å². The Bertz CT molecular complexity index is 593. The molecule has 3 N–H and O–H groups in total. The number of aryl methyl sites for hydroxylation is 1. The van der Waals surface area contributed by atoms with E-state index >= 15 is 0 Å². The number of benzene rings is 1. The number of amides is 1. The Morgan fingerprint density at radius 3 is 3.00 bits per heavy atom. The van der Waals surface area contributed by atoms with Crippen LogP contribution in [0.25, 0.3) is 0 Å². The molecule has 0 saturated carbocycles. The molecule has 6 heteroatoms. The zero-order valence-corrected chi connectivity index (χ0v) is 10.8. The normalized spacial score (nSPS) is 10.4. The first kappa shape index (κ1) is 13.1. The highest BCUT2D eigenvalue weighted by Gasteiger charge is 2.13. The lowest BCUT2D eigenvalue weighted by Gasteiger charge is -2.07. The zero-order valence-electron chi connectivity index (χ0n) is 10.8. The summed E-state index contributed by atoms with van der Waals surface area (Å²) in [6, 6.07) is 6.94. The Labute approximate surface area is 110 Å². The maximum Gasteiger partial charge on any atom is 0.277 e. The van der Waals surface area contributed by atoms with Crippen molar-refractivity contribution < 1.29 is 14.1 Å². The number of nitrogens with zero attached hydrogens (tertiary/aromatic N) is 1. The van der Waals surface area contributed by atoms with Crippen molar-refractivity contribution in [3.8, 4) is 0 Å². The van der Waals surface area contributed by atoms with Crippen molar-refractivity contribution in [3.63, 3.8) is 0 Å². The third kappa shape index (κ3) is 3.11. The molecular formula is C13H15N3O3. The largest absolute Gasteiger partial charge is 0.397 e. The summed E-state index contributed by atoms with van der Waals surface area (Å²) in [5.74, 6) is 0.119. The van der Waals surface area contributed by atoms with Gasteiger partial charge in [0.05, 0.1) is 11.4 Å². The maximum atomic E-state index is 12.0. The van der Waals surface area contributed by atoms with Crippen LogP contribution in [-0.4, -0.2) is 18.2 Å². The average molecular weight is 261 g/mol. The predicted octanol–water partition coefficient (Wildman–Crippen LogP) is 1.96. The SMILES string of the molecule is COCc1cc(C(=O)Nc2cc(C)ccc2N)no1. The summed E-state index contributed by atoms with van der Waals surface area (Å²) in [6.07, 6.45) is 0. The van der Waals surface area contributed by atoms with E-state index in [9.17, 15) is 4.79 Å². The van der Waals surface area contributed by atoms with Crippen LogP contribution in [0.4, 0.5) is 11.4 Å². The van der Waals surface area contributed by atoms with E-state index in [1.165, 1.54) is 13.2 Å². The van der Waals surface area contributed by atoms with E-state index in [0.717, 1.165) is 5.56 Å². The molecule has 0 aliphatic carbocycles. The predicted molar refractivity (Wildman–Crippen MR) is 70.8 cm³/mol. The second-order valence-electron chi connectivity index (χ2n) is 4.16.